The summed E-state index contributed by atoms with van der Waals surface area (Å²) in [5, 5.41) is -0.820. The standard InChI is InChI=1S/C11H15NO5S/c1-6(18(14)15)7-4-8(11(13)17-3)10(16-2)5-9(7)12/h4-6H,12H2,1-3H3,(H,14,15)/p-1. The van der Waals surface area contributed by atoms with E-state index in [1.807, 2.05) is 0 Å². The van der Waals surface area contributed by atoms with Crippen LogP contribution in [0.4, 0.5) is 5.69 Å². The van der Waals surface area contributed by atoms with Gasteiger partial charge < -0.3 is 19.8 Å². The average molecular weight is 272 g/mol. The fourth-order valence-corrected chi connectivity index (χ4v) is 1.92. The highest BCUT2D eigenvalue weighted by Gasteiger charge is 2.19. The number of rotatable bonds is 4. The summed E-state index contributed by atoms with van der Waals surface area (Å²) in [6.07, 6.45) is 0. The first-order chi connectivity index (χ1) is 8.42. The minimum atomic E-state index is -2.33. The molecule has 0 bridgehead atoms. The van der Waals surface area contributed by atoms with Crippen LogP contribution in [0.25, 0.3) is 0 Å². The van der Waals surface area contributed by atoms with Gasteiger partial charge in [-0.25, -0.2) is 4.79 Å². The van der Waals surface area contributed by atoms with Crippen molar-refractivity contribution in [3.63, 3.8) is 0 Å². The number of nitrogens with two attached hydrogens (primary N) is 1. The molecule has 0 amide bonds. The first kappa shape index (κ1) is 14.5. The third kappa shape index (κ3) is 2.80. The van der Waals surface area contributed by atoms with Crippen molar-refractivity contribution in [1.82, 2.24) is 0 Å². The van der Waals surface area contributed by atoms with E-state index in [1.54, 1.807) is 0 Å². The molecule has 1 aromatic rings. The number of esters is 1. The Morgan fingerprint density at radius 2 is 2.06 bits per heavy atom. The van der Waals surface area contributed by atoms with Crippen molar-refractivity contribution in [2.24, 2.45) is 0 Å². The number of benzene rings is 1. The van der Waals surface area contributed by atoms with E-state index in [-0.39, 0.29) is 17.0 Å². The van der Waals surface area contributed by atoms with E-state index in [0.29, 0.717) is 5.56 Å². The number of hydrogen-bond donors (Lipinski definition) is 1. The van der Waals surface area contributed by atoms with E-state index < -0.39 is 22.3 Å². The third-order valence-electron chi connectivity index (χ3n) is 2.54. The first-order valence-electron chi connectivity index (χ1n) is 5.06. The van der Waals surface area contributed by atoms with Crippen molar-refractivity contribution in [3.8, 4) is 5.75 Å². The Bertz CT molecular complexity index is 489. The van der Waals surface area contributed by atoms with Gasteiger partial charge in [0, 0.05) is 17.0 Å². The molecule has 0 aliphatic rings. The van der Waals surface area contributed by atoms with Crippen LogP contribution in [0.5, 0.6) is 5.75 Å². The molecule has 2 atom stereocenters. The number of nitrogen functional groups attached to an aromatic ring is 1. The zero-order valence-corrected chi connectivity index (χ0v) is 11.1. The van der Waals surface area contributed by atoms with Gasteiger partial charge in [-0.3, -0.25) is 4.21 Å². The van der Waals surface area contributed by atoms with Gasteiger partial charge in [0.1, 0.15) is 11.3 Å². The van der Waals surface area contributed by atoms with Crippen LogP contribution in [0, 0.1) is 0 Å². The highest BCUT2D eigenvalue weighted by molar-refractivity contribution is 7.79. The quantitative estimate of drug-likeness (QED) is 0.498. The molecule has 18 heavy (non-hydrogen) atoms. The summed E-state index contributed by atoms with van der Waals surface area (Å²) in [4.78, 5) is 11.6. The number of carbonyl (C=O) groups excluding carboxylic acids is 1. The molecule has 6 nitrogen and oxygen atoms in total. The molecule has 2 N–H and O–H groups in total. The van der Waals surface area contributed by atoms with Gasteiger partial charge in [-0.15, -0.1) is 0 Å². The Morgan fingerprint density at radius 1 is 1.44 bits per heavy atom. The number of methoxy groups -OCH3 is 2. The number of anilines is 1. The number of ether oxygens (including phenoxy) is 2. The molecule has 1 aromatic carbocycles. The zero-order valence-electron chi connectivity index (χ0n) is 10.3. The van der Waals surface area contributed by atoms with Crippen molar-refractivity contribution >= 4 is 22.7 Å². The lowest BCUT2D eigenvalue weighted by Crippen LogP contribution is -2.10. The van der Waals surface area contributed by atoms with Crippen LogP contribution < -0.4 is 10.5 Å². The highest BCUT2D eigenvalue weighted by Crippen LogP contribution is 2.31. The maximum absolute atomic E-state index is 11.6. The van der Waals surface area contributed by atoms with Crippen molar-refractivity contribution in [1.29, 1.82) is 0 Å². The first-order valence-corrected chi connectivity index (χ1v) is 6.20. The second-order valence-electron chi connectivity index (χ2n) is 3.58. The largest absolute Gasteiger partial charge is 0.772 e. The Balaban J connectivity index is 3.38. The highest BCUT2D eigenvalue weighted by atomic mass is 32.2. The smallest absolute Gasteiger partial charge is 0.341 e. The summed E-state index contributed by atoms with van der Waals surface area (Å²) in [6, 6.07) is 2.78. The Labute approximate surface area is 107 Å². The normalized spacial score (nSPS) is 13.8. The topological polar surface area (TPSA) is 102 Å². The van der Waals surface area contributed by atoms with Crippen LogP contribution in [0.1, 0.15) is 28.1 Å². The molecule has 0 saturated heterocycles. The molecular formula is C11H14NO5S-. The van der Waals surface area contributed by atoms with E-state index in [9.17, 15) is 13.6 Å². The van der Waals surface area contributed by atoms with Gasteiger partial charge >= 0.3 is 5.97 Å². The second-order valence-corrected chi connectivity index (χ2v) is 4.80. The molecule has 1 rings (SSSR count). The number of hydrogen-bond acceptors (Lipinski definition) is 6. The van der Waals surface area contributed by atoms with Gasteiger partial charge in [0.2, 0.25) is 0 Å². The molecule has 0 aliphatic carbocycles. The van der Waals surface area contributed by atoms with Gasteiger partial charge in [0.25, 0.3) is 0 Å². The summed E-state index contributed by atoms with van der Waals surface area (Å²) in [7, 11) is 2.61. The van der Waals surface area contributed by atoms with Gasteiger partial charge in [0.05, 0.1) is 14.2 Å². The molecular weight excluding hydrogens is 258 g/mol. The molecule has 2 unspecified atom stereocenters. The molecule has 100 valence electrons. The number of carbonyl (C=O) groups is 1. The average Bonchev–Trinajstić information content (AvgIpc) is 2.36. The minimum Gasteiger partial charge on any atom is -0.772 e. The third-order valence-corrected chi connectivity index (χ3v) is 3.37. The second kappa shape index (κ2) is 5.83. The minimum absolute atomic E-state index is 0.140. The molecule has 0 radical (unpaired) electrons. The van der Waals surface area contributed by atoms with Gasteiger partial charge in [0.15, 0.2) is 0 Å². The van der Waals surface area contributed by atoms with Gasteiger partial charge in [-0.2, -0.15) is 0 Å². The summed E-state index contributed by atoms with van der Waals surface area (Å²) >= 11 is -2.33. The summed E-state index contributed by atoms with van der Waals surface area (Å²) in [5.41, 5.74) is 6.46. The molecule has 0 fully saturated rings. The monoisotopic (exact) mass is 272 g/mol. The van der Waals surface area contributed by atoms with E-state index in [1.165, 1.54) is 33.3 Å². The van der Waals surface area contributed by atoms with Crippen molar-refractivity contribution in [3.05, 3.63) is 23.3 Å². The predicted molar refractivity (Wildman–Crippen MR) is 66.1 cm³/mol. The van der Waals surface area contributed by atoms with Crippen LogP contribution in [0.3, 0.4) is 0 Å². The van der Waals surface area contributed by atoms with E-state index >= 15 is 0 Å². The predicted octanol–water partition coefficient (Wildman–Crippen LogP) is 1.00. The zero-order chi connectivity index (χ0) is 13.9. The van der Waals surface area contributed by atoms with Gasteiger partial charge in [-0.05, 0) is 29.6 Å². The van der Waals surface area contributed by atoms with Crippen LogP contribution in [0.15, 0.2) is 12.1 Å². The van der Waals surface area contributed by atoms with Crippen molar-refractivity contribution in [2.75, 3.05) is 20.0 Å². The lowest BCUT2D eigenvalue weighted by atomic mass is 10.1. The van der Waals surface area contributed by atoms with Crippen molar-refractivity contribution < 1.29 is 23.0 Å². The molecule has 0 aromatic heterocycles. The molecule has 0 heterocycles. The fraction of sp³-hybridized carbons (Fsp3) is 0.364. The molecule has 7 heteroatoms. The Morgan fingerprint density at radius 3 is 2.50 bits per heavy atom. The van der Waals surface area contributed by atoms with Crippen LogP contribution >= 0.6 is 0 Å². The summed E-state index contributed by atoms with van der Waals surface area (Å²) < 4.78 is 31.5. The van der Waals surface area contributed by atoms with Crippen LogP contribution in [-0.4, -0.2) is 29.0 Å². The lowest BCUT2D eigenvalue weighted by molar-refractivity contribution is 0.0597. The molecule has 0 saturated carbocycles. The van der Waals surface area contributed by atoms with Crippen molar-refractivity contribution in [2.45, 2.75) is 12.2 Å². The lowest BCUT2D eigenvalue weighted by Gasteiger charge is -2.19. The van der Waals surface area contributed by atoms with E-state index in [0.717, 1.165) is 0 Å². The maximum Gasteiger partial charge on any atom is 0.341 e. The molecule has 0 aliphatic heterocycles. The SMILES string of the molecule is COC(=O)c1cc(C(C)S(=O)[O-])c(N)cc1OC. The van der Waals surface area contributed by atoms with Gasteiger partial charge in [-0.1, -0.05) is 0 Å². The van der Waals surface area contributed by atoms with E-state index in [2.05, 4.69) is 4.74 Å². The maximum atomic E-state index is 11.6. The summed E-state index contributed by atoms with van der Waals surface area (Å²) in [6.45, 7) is 1.47. The Hall–Kier alpha value is -1.60. The fourth-order valence-electron chi connectivity index (χ4n) is 1.51. The van der Waals surface area contributed by atoms with E-state index in [4.69, 9.17) is 10.5 Å². The summed E-state index contributed by atoms with van der Waals surface area (Å²) in [5.74, 6) is -0.371. The Kier molecular flexibility index (Phi) is 4.69. The molecule has 0 spiro atoms. The van der Waals surface area contributed by atoms with Crippen LogP contribution in [-0.2, 0) is 15.8 Å². The van der Waals surface area contributed by atoms with Crippen LogP contribution in [0.2, 0.25) is 0 Å².